The van der Waals surface area contributed by atoms with Gasteiger partial charge in [0.15, 0.2) is 0 Å². The fourth-order valence-corrected chi connectivity index (χ4v) is 3.47. The van der Waals surface area contributed by atoms with Crippen LogP contribution in [0.3, 0.4) is 0 Å². The molecule has 3 rings (SSSR count). The van der Waals surface area contributed by atoms with Crippen molar-refractivity contribution in [2.24, 2.45) is 0 Å². The van der Waals surface area contributed by atoms with E-state index in [-0.39, 0.29) is 13.0 Å². The zero-order valence-corrected chi connectivity index (χ0v) is 18.8. The third-order valence-corrected chi connectivity index (χ3v) is 5.16. The van der Waals surface area contributed by atoms with Crippen LogP contribution in [0.1, 0.15) is 16.7 Å². The summed E-state index contributed by atoms with van der Waals surface area (Å²) in [5, 5.41) is 12.1. The van der Waals surface area contributed by atoms with Crippen molar-refractivity contribution in [3.05, 3.63) is 99.1 Å². The zero-order chi connectivity index (χ0) is 22.1. The second-order valence-electron chi connectivity index (χ2n) is 6.83. The Kier molecular flexibility index (Phi) is 8.28. The quantitative estimate of drug-likeness (QED) is 0.388. The van der Waals surface area contributed by atoms with Gasteiger partial charge in [0.1, 0.15) is 25.0 Å². The molecule has 0 saturated heterocycles. The molecule has 0 radical (unpaired) electrons. The lowest BCUT2D eigenvalue weighted by molar-refractivity contribution is -0.139. The fraction of sp³-hybridized carbons (Fsp3) is 0.167. The minimum absolute atomic E-state index is 0.0632. The van der Waals surface area contributed by atoms with E-state index < -0.39 is 18.1 Å². The minimum Gasteiger partial charge on any atom is -0.489 e. The number of carboxylic acid groups (broad SMARTS) is 1. The van der Waals surface area contributed by atoms with Crippen LogP contribution < -0.4 is 10.1 Å². The Labute approximate surface area is 194 Å². The number of amides is 1. The highest BCUT2D eigenvalue weighted by Gasteiger charge is 2.23. The number of nitrogens with one attached hydrogen (secondary N) is 1. The molecule has 1 unspecified atom stereocenters. The van der Waals surface area contributed by atoms with Crippen molar-refractivity contribution < 1.29 is 24.2 Å². The van der Waals surface area contributed by atoms with Gasteiger partial charge in [-0.05, 0) is 57.5 Å². The van der Waals surface area contributed by atoms with Gasteiger partial charge in [-0.1, -0.05) is 60.7 Å². The van der Waals surface area contributed by atoms with Crippen LogP contribution in [0.4, 0.5) is 4.79 Å². The fourth-order valence-electron chi connectivity index (χ4n) is 2.91. The van der Waals surface area contributed by atoms with E-state index in [9.17, 15) is 14.7 Å². The summed E-state index contributed by atoms with van der Waals surface area (Å²) in [6, 6.07) is 23.3. The molecule has 0 aliphatic carbocycles. The number of carbonyl (C=O) groups excluding carboxylic acids is 1. The van der Waals surface area contributed by atoms with Gasteiger partial charge in [0, 0.05) is 9.99 Å². The molecule has 0 fully saturated rings. The highest BCUT2D eigenvalue weighted by molar-refractivity contribution is 14.1. The minimum atomic E-state index is -1.15. The van der Waals surface area contributed by atoms with Crippen LogP contribution in [-0.4, -0.2) is 23.2 Å². The molecule has 0 aromatic heterocycles. The molecule has 1 amide bonds. The third-order valence-electron chi connectivity index (χ3n) is 4.49. The first-order valence-electron chi connectivity index (χ1n) is 9.66. The van der Waals surface area contributed by atoms with E-state index in [1.165, 1.54) is 0 Å². The largest absolute Gasteiger partial charge is 0.489 e. The lowest BCUT2D eigenvalue weighted by Gasteiger charge is -2.17. The van der Waals surface area contributed by atoms with Gasteiger partial charge < -0.3 is 19.9 Å². The van der Waals surface area contributed by atoms with Gasteiger partial charge in [-0.2, -0.15) is 0 Å². The summed E-state index contributed by atoms with van der Waals surface area (Å²) in [6.07, 6.45) is -0.717. The number of hydrogen-bond donors (Lipinski definition) is 2. The van der Waals surface area contributed by atoms with Crippen LogP contribution in [0, 0.1) is 3.57 Å². The van der Waals surface area contributed by atoms with Gasteiger partial charge in [0.05, 0.1) is 0 Å². The number of halogens is 1. The van der Waals surface area contributed by atoms with Gasteiger partial charge in [0.2, 0.25) is 0 Å². The third kappa shape index (κ3) is 7.29. The number of carbonyl (C=O) groups is 2. The molecule has 3 aromatic rings. The standard InChI is InChI=1S/C24H22INO5/c25-20-11-12-22(30-15-17-7-3-1-4-8-17)19(13-20)14-21(23(27)28)26-24(29)31-16-18-9-5-2-6-10-18/h1-13,21H,14-16H2,(H,26,29)(H,27,28). The molecular formula is C24H22INO5. The van der Waals surface area contributed by atoms with Gasteiger partial charge in [-0.3, -0.25) is 0 Å². The maximum Gasteiger partial charge on any atom is 0.408 e. The second-order valence-corrected chi connectivity index (χ2v) is 8.07. The van der Waals surface area contributed by atoms with Crippen LogP contribution in [0.2, 0.25) is 0 Å². The highest BCUT2D eigenvalue weighted by atomic mass is 127. The van der Waals surface area contributed by atoms with E-state index in [1.54, 1.807) is 0 Å². The Morgan fingerprint density at radius 2 is 1.52 bits per heavy atom. The molecule has 0 aliphatic rings. The molecular weight excluding hydrogens is 509 g/mol. The van der Waals surface area contributed by atoms with Crippen molar-refractivity contribution in [2.75, 3.05) is 0 Å². The molecule has 2 N–H and O–H groups in total. The van der Waals surface area contributed by atoms with E-state index in [4.69, 9.17) is 9.47 Å². The number of benzene rings is 3. The molecule has 0 bridgehead atoms. The number of ether oxygens (including phenoxy) is 2. The lowest BCUT2D eigenvalue weighted by atomic mass is 10.0. The van der Waals surface area contributed by atoms with E-state index in [1.807, 2.05) is 78.9 Å². The highest BCUT2D eigenvalue weighted by Crippen LogP contribution is 2.24. The van der Waals surface area contributed by atoms with Crippen molar-refractivity contribution >= 4 is 34.7 Å². The average molecular weight is 531 g/mol. The molecule has 0 aliphatic heterocycles. The Morgan fingerprint density at radius 3 is 2.13 bits per heavy atom. The smallest absolute Gasteiger partial charge is 0.408 e. The summed E-state index contributed by atoms with van der Waals surface area (Å²) in [6.45, 7) is 0.423. The SMILES string of the molecule is O=C(NC(Cc1cc(I)ccc1OCc1ccccc1)C(=O)O)OCc1ccccc1. The van der Waals surface area contributed by atoms with Crippen LogP contribution in [0.25, 0.3) is 0 Å². The maximum absolute atomic E-state index is 12.2. The Morgan fingerprint density at radius 1 is 0.903 bits per heavy atom. The summed E-state index contributed by atoms with van der Waals surface area (Å²) in [7, 11) is 0. The molecule has 1 atom stereocenters. The molecule has 160 valence electrons. The van der Waals surface area contributed by atoms with Gasteiger partial charge in [-0.25, -0.2) is 9.59 Å². The number of carboxylic acids is 1. The molecule has 31 heavy (non-hydrogen) atoms. The summed E-state index contributed by atoms with van der Waals surface area (Å²) in [4.78, 5) is 23.9. The molecule has 6 nitrogen and oxygen atoms in total. The van der Waals surface area contributed by atoms with Gasteiger partial charge in [-0.15, -0.1) is 0 Å². The Balaban J connectivity index is 1.65. The van der Waals surface area contributed by atoms with E-state index in [2.05, 4.69) is 27.9 Å². The Bertz CT molecular complexity index is 1010. The van der Waals surface area contributed by atoms with Gasteiger partial charge in [0.25, 0.3) is 0 Å². The van der Waals surface area contributed by atoms with Crippen molar-refractivity contribution in [2.45, 2.75) is 25.7 Å². The molecule has 0 heterocycles. The number of alkyl carbamates (subject to hydrolysis) is 1. The first-order chi connectivity index (χ1) is 15.0. The first-order valence-corrected chi connectivity index (χ1v) is 10.7. The zero-order valence-electron chi connectivity index (χ0n) is 16.7. The van der Waals surface area contributed by atoms with Crippen molar-refractivity contribution in [3.8, 4) is 5.75 Å². The van der Waals surface area contributed by atoms with Crippen LogP contribution >= 0.6 is 22.6 Å². The molecule has 0 saturated carbocycles. The number of aliphatic carboxylic acids is 1. The van der Waals surface area contributed by atoms with Crippen LogP contribution in [0.15, 0.2) is 78.9 Å². The predicted molar refractivity (Wildman–Crippen MR) is 125 cm³/mol. The second kappa shape index (κ2) is 11.4. The van der Waals surface area contributed by atoms with Crippen molar-refractivity contribution in [1.82, 2.24) is 5.32 Å². The Hall–Kier alpha value is -3.07. The van der Waals surface area contributed by atoms with Crippen molar-refractivity contribution in [3.63, 3.8) is 0 Å². The number of hydrogen-bond acceptors (Lipinski definition) is 4. The summed E-state index contributed by atoms with van der Waals surface area (Å²) in [5.74, 6) is -0.570. The normalized spacial score (nSPS) is 11.4. The van der Waals surface area contributed by atoms with Crippen LogP contribution in [-0.2, 0) is 29.2 Å². The molecule has 3 aromatic carbocycles. The summed E-state index contributed by atoms with van der Waals surface area (Å²) >= 11 is 2.16. The monoisotopic (exact) mass is 531 g/mol. The number of rotatable bonds is 9. The maximum atomic E-state index is 12.2. The lowest BCUT2D eigenvalue weighted by Crippen LogP contribution is -2.42. The van der Waals surface area contributed by atoms with Crippen molar-refractivity contribution in [1.29, 1.82) is 0 Å². The van der Waals surface area contributed by atoms with E-state index in [0.29, 0.717) is 17.9 Å². The summed E-state index contributed by atoms with van der Waals surface area (Å²) < 4.78 is 12.0. The van der Waals surface area contributed by atoms with E-state index in [0.717, 1.165) is 14.7 Å². The molecule has 7 heteroatoms. The van der Waals surface area contributed by atoms with Gasteiger partial charge >= 0.3 is 12.1 Å². The topological polar surface area (TPSA) is 84.9 Å². The average Bonchev–Trinajstić information content (AvgIpc) is 2.78. The first kappa shape index (κ1) is 22.6. The van der Waals surface area contributed by atoms with E-state index >= 15 is 0 Å². The van der Waals surface area contributed by atoms with Crippen LogP contribution in [0.5, 0.6) is 5.75 Å². The molecule has 0 spiro atoms. The predicted octanol–water partition coefficient (Wildman–Crippen LogP) is 4.79. The summed E-state index contributed by atoms with van der Waals surface area (Å²) in [5.41, 5.74) is 2.52.